The van der Waals surface area contributed by atoms with Crippen LogP contribution in [-0.2, 0) is 9.05 Å². The van der Waals surface area contributed by atoms with E-state index >= 15 is 0 Å². The van der Waals surface area contributed by atoms with E-state index in [1.54, 1.807) is 12.1 Å². The third kappa shape index (κ3) is 5.16. The van der Waals surface area contributed by atoms with Crippen LogP contribution in [0, 0.1) is 0 Å². The van der Waals surface area contributed by atoms with Crippen molar-refractivity contribution in [3.63, 3.8) is 0 Å². The highest BCUT2D eigenvalue weighted by atomic mass is 79.9. The Balaban J connectivity index is 2.57. The van der Waals surface area contributed by atoms with Gasteiger partial charge in [0.15, 0.2) is 0 Å². The summed E-state index contributed by atoms with van der Waals surface area (Å²) in [7, 11) is 1.57. The van der Waals surface area contributed by atoms with Gasteiger partial charge in [0.1, 0.15) is 5.75 Å². The molecule has 1 aromatic rings. The van der Waals surface area contributed by atoms with Gasteiger partial charge in [0.2, 0.25) is 0 Å². The van der Waals surface area contributed by atoms with Crippen LogP contribution in [0.2, 0.25) is 0 Å². The topological polar surface area (TPSA) is 43.4 Å². The van der Waals surface area contributed by atoms with Gasteiger partial charge in [-0.2, -0.15) is 0 Å². The summed E-state index contributed by atoms with van der Waals surface area (Å²) < 4.78 is 28.3. The molecule has 1 rings (SSSR count). The van der Waals surface area contributed by atoms with Gasteiger partial charge >= 0.3 is 0 Å². The number of ether oxygens (including phenoxy) is 1. The highest BCUT2D eigenvalue weighted by molar-refractivity contribution is 9.10. The predicted octanol–water partition coefficient (Wildman–Crippen LogP) is 4.34. The summed E-state index contributed by atoms with van der Waals surface area (Å²) in [6, 6.07) is 4.67. The molecule has 0 atom stereocenters. The average Bonchev–Trinajstić information content (AvgIpc) is 2.27. The monoisotopic (exact) mass is 354 g/mol. The SMILES string of the molecule is CCCCCCOc1ccc(S(=O)(=O)Cl)c(Br)c1. The molecular weight excluding hydrogens is 340 g/mol. The first-order chi connectivity index (χ1) is 8.45. The molecule has 0 aliphatic rings. The molecule has 0 aliphatic carbocycles. The van der Waals surface area contributed by atoms with Crippen molar-refractivity contribution in [1.29, 1.82) is 0 Å². The first-order valence-corrected chi connectivity index (χ1v) is 8.92. The van der Waals surface area contributed by atoms with Crippen molar-refractivity contribution in [3.8, 4) is 5.75 Å². The Morgan fingerprint density at radius 2 is 2.00 bits per heavy atom. The summed E-state index contributed by atoms with van der Waals surface area (Å²) in [5.41, 5.74) is 0. The minimum Gasteiger partial charge on any atom is -0.494 e. The van der Waals surface area contributed by atoms with Crippen molar-refractivity contribution in [2.75, 3.05) is 6.61 Å². The van der Waals surface area contributed by atoms with Gasteiger partial charge < -0.3 is 4.74 Å². The number of rotatable bonds is 7. The van der Waals surface area contributed by atoms with Gasteiger partial charge in [-0.25, -0.2) is 8.42 Å². The van der Waals surface area contributed by atoms with E-state index in [-0.39, 0.29) is 4.90 Å². The highest BCUT2D eigenvalue weighted by Gasteiger charge is 2.14. The Bertz CT molecular complexity index is 488. The van der Waals surface area contributed by atoms with Crippen molar-refractivity contribution in [2.24, 2.45) is 0 Å². The second-order valence-electron chi connectivity index (χ2n) is 3.94. The van der Waals surface area contributed by atoms with Crippen LogP contribution in [0.4, 0.5) is 0 Å². The van der Waals surface area contributed by atoms with Gasteiger partial charge in [0.05, 0.1) is 11.5 Å². The van der Waals surface area contributed by atoms with Gasteiger partial charge in [-0.15, -0.1) is 0 Å². The summed E-state index contributed by atoms with van der Waals surface area (Å²) >= 11 is 3.17. The van der Waals surface area contributed by atoms with E-state index in [1.807, 2.05) is 0 Å². The first kappa shape index (κ1) is 15.8. The summed E-state index contributed by atoms with van der Waals surface area (Å²) in [6.45, 7) is 2.79. The third-order valence-corrected chi connectivity index (χ3v) is 4.73. The Hall–Kier alpha value is -0.260. The fourth-order valence-electron chi connectivity index (χ4n) is 1.49. The van der Waals surface area contributed by atoms with E-state index in [4.69, 9.17) is 15.4 Å². The van der Waals surface area contributed by atoms with Crippen LogP contribution < -0.4 is 4.74 Å². The lowest BCUT2D eigenvalue weighted by Gasteiger charge is -2.07. The summed E-state index contributed by atoms with van der Waals surface area (Å²) in [6.07, 6.45) is 4.54. The molecule has 0 saturated carbocycles. The molecule has 102 valence electrons. The average molecular weight is 356 g/mol. The third-order valence-electron chi connectivity index (χ3n) is 2.43. The molecule has 18 heavy (non-hydrogen) atoms. The molecule has 0 heterocycles. The Labute approximate surface area is 121 Å². The number of halogens is 2. The summed E-state index contributed by atoms with van der Waals surface area (Å²) in [5, 5.41) is 0. The molecule has 0 saturated heterocycles. The van der Waals surface area contributed by atoms with Crippen LogP contribution in [0.5, 0.6) is 5.75 Å². The molecular formula is C12H16BrClO3S. The smallest absolute Gasteiger partial charge is 0.262 e. The normalized spacial score (nSPS) is 11.5. The van der Waals surface area contributed by atoms with E-state index in [1.165, 1.54) is 18.9 Å². The molecule has 0 bridgehead atoms. The fourth-order valence-corrected chi connectivity index (χ4v) is 3.69. The lowest BCUT2D eigenvalue weighted by atomic mass is 10.2. The lowest BCUT2D eigenvalue weighted by Crippen LogP contribution is -1.98. The molecule has 3 nitrogen and oxygen atoms in total. The van der Waals surface area contributed by atoms with Crippen molar-refractivity contribution >= 4 is 35.7 Å². The van der Waals surface area contributed by atoms with Crippen LogP contribution in [0.15, 0.2) is 27.6 Å². The molecule has 0 radical (unpaired) electrons. The quantitative estimate of drug-likeness (QED) is 0.540. The maximum atomic E-state index is 11.2. The molecule has 0 fully saturated rings. The van der Waals surface area contributed by atoms with Crippen LogP contribution in [-0.4, -0.2) is 15.0 Å². The summed E-state index contributed by atoms with van der Waals surface area (Å²) in [4.78, 5) is 0.0579. The molecule has 1 aromatic carbocycles. The maximum absolute atomic E-state index is 11.2. The Morgan fingerprint density at radius 1 is 1.28 bits per heavy atom. The number of unbranched alkanes of at least 4 members (excludes halogenated alkanes) is 3. The van der Waals surface area contributed by atoms with E-state index in [0.29, 0.717) is 16.8 Å². The van der Waals surface area contributed by atoms with Gasteiger partial charge in [-0.3, -0.25) is 0 Å². The van der Waals surface area contributed by atoms with E-state index in [0.717, 1.165) is 12.8 Å². The van der Waals surface area contributed by atoms with Gasteiger partial charge in [0.25, 0.3) is 9.05 Å². The minimum absolute atomic E-state index is 0.0579. The van der Waals surface area contributed by atoms with E-state index < -0.39 is 9.05 Å². The highest BCUT2D eigenvalue weighted by Crippen LogP contribution is 2.29. The Morgan fingerprint density at radius 3 is 2.56 bits per heavy atom. The van der Waals surface area contributed by atoms with E-state index in [2.05, 4.69) is 22.9 Å². The molecule has 6 heteroatoms. The van der Waals surface area contributed by atoms with Crippen LogP contribution in [0.1, 0.15) is 32.6 Å². The van der Waals surface area contributed by atoms with Gasteiger partial charge in [-0.1, -0.05) is 26.2 Å². The van der Waals surface area contributed by atoms with Gasteiger partial charge in [0, 0.05) is 15.2 Å². The minimum atomic E-state index is -3.71. The molecule has 0 unspecified atom stereocenters. The largest absolute Gasteiger partial charge is 0.494 e. The maximum Gasteiger partial charge on any atom is 0.262 e. The van der Waals surface area contributed by atoms with Crippen LogP contribution in [0.25, 0.3) is 0 Å². The second-order valence-corrected chi connectivity index (χ2v) is 7.33. The predicted molar refractivity (Wildman–Crippen MR) is 76.8 cm³/mol. The second kappa shape index (κ2) is 7.36. The summed E-state index contributed by atoms with van der Waals surface area (Å²) in [5.74, 6) is 0.641. The molecule has 0 aliphatic heterocycles. The van der Waals surface area contributed by atoms with Crippen molar-refractivity contribution in [3.05, 3.63) is 22.7 Å². The molecule has 0 N–H and O–H groups in total. The Kier molecular flexibility index (Phi) is 6.46. The molecule has 0 aromatic heterocycles. The zero-order valence-electron chi connectivity index (χ0n) is 10.2. The zero-order valence-corrected chi connectivity index (χ0v) is 13.3. The van der Waals surface area contributed by atoms with Crippen molar-refractivity contribution in [1.82, 2.24) is 0 Å². The number of hydrogen-bond acceptors (Lipinski definition) is 3. The lowest BCUT2D eigenvalue weighted by molar-refractivity contribution is 0.304. The first-order valence-electron chi connectivity index (χ1n) is 5.82. The zero-order chi connectivity index (χ0) is 13.6. The van der Waals surface area contributed by atoms with Gasteiger partial charge in [-0.05, 0) is 40.5 Å². The van der Waals surface area contributed by atoms with Crippen molar-refractivity contribution < 1.29 is 13.2 Å². The van der Waals surface area contributed by atoms with Crippen molar-refractivity contribution in [2.45, 2.75) is 37.5 Å². The number of benzene rings is 1. The van der Waals surface area contributed by atoms with Crippen LogP contribution in [0.3, 0.4) is 0 Å². The standard InChI is InChI=1S/C12H16BrClO3S/c1-2-3-4-5-8-17-10-6-7-12(11(13)9-10)18(14,15)16/h6-7,9H,2-5,8H2,1H3. The number of hydrogen-bond donors (Lipinski definition) is 0. The van der Waals surface area contributed by atoms with E-state index in [9.17, 15) is 8.42 Å². The van der Waals surface area contributed by atoms with Crippen LogP contribution >= 0.6 is 26.6 Å². The fraction of sp³-hybridized carbons (Fsp3) is 0.500. The molecule has 0 spiro atoms. The molecule has 0 amide bonds.